The van der Waals surface area contributed by atoms with Gasteiger partial charge in [0, 0.05) is 17.4 Å². The zero-order valence-electron chi connectivity index (χ0n) is 17.0. The molecule has 0 amide bonds. The molecule has 0 bridgehead atoms. The number of rotatable bonds is 5. The van der Waals surface area contributed by atoms with Crippen molar-refractivity contribution in [1.82, 2.24) is 24.8 Å². The smallest absolute Gasteiger partial charge is 0.261 e. The van der Waals surface area contributed by atoms with E-state index in [0.29, 0.717) is 28.5 Å². The molecule has 3 aromatic heterocycles. The van der Waals surface area contributed by atoms with E-state index in [1.807, 2.05) is 55.5 Å². The van der Waals surface area contributed by atoms with Crippen LogP contribution in [0.5, 0.6) is 0 Å². The summed E-state index contributed by atoms with van der Waals surface area (Å²) in [5.74, 6) is 0.546. The van der Waals surface area contributed by atoms with Crippen molar-refractivity contribution in [2.75, 3.05) is 4.72 Å². The number of benzene rings is 2. The predicted molar refractivity (Wildman–Crippen MR) is 121 cm³/mol. The van der Waals surface area contributed by atoms with E-state index in [2.05, 4.69) is 25.0 Å². The Kier molecular flexibility index (Phi) is 4.87. The summed E-state index contributed by atoms with van der Waals surface area (Å²) in [5.41, 5.74) is 4.15. The van der Waals surface area contributed by atoms with E-state index in [1.54, 1.807) is 41.0 Å². The Morgan fingerprint density at radius 3 is 2.44 bits per heavy atom. The second-order valence-electron chi connectivity index (χ2n) is 7.23. The molecule has 0 aliphatic carbocycles. The van der Waals surface area contributed by atoms with Crippen molar-refractivity contribution in [1.29, 1.82) is 0 Å². The summed E-state index contributed by atoms with van der Waals surface area (Å²) in [6.07, 6.45) is 1.69. The molecule has 0 fully saturated rings. The fourth-order valence-electron chi connectivity index (χ4n) is 3.30. The normalized spacial score (nSPS) is 11.5. The van der Waals surface area contributed by atoms with Gasteiger partial charge in [0.1, 0.15) is 5.69 Å². The zero-order chi connectivity index (χ0) is 22.1. The number of nitrogens with one attached hydrogen (secondary N) is 1. The maximum atomic E-state index is 12.7. The molecule has 0 saturated heterocycles. The summed E-state index contributed by atoms with van der Waals surface area (Å²) in [5, 5.41) is 13.0. The van der Waals surface area contributed by atoms with Gasteiger partial charge < -0.3 is 0 Å². The molecular weight excluding hydrogens is 424 g/mol. The largest absolute Gasteiger partial charge is 0.280 e. The van der Waals surface area contributed by atoms with Crippen LogP contribution in [0.4, 0.5) is 5.69 Å². The van der Waals surface area contributed by atoms with Gasteiger partial charge in [0.15, 0.2) is 5.65 Å². The Bertz CT molecular complexity index is 1510. The van der Waals surface area contributed by atoms with Gasteiger partial charge in [-0.1, -0.05) is 30.3 Å². The first kappa shape index (κ1) is 19.8. The lowest BCUT2D eigenvalue weighted by Crippen LogP contribution is -2.12. The summed E-state index contributed by atoms with van der Waals surface area (Å²) in [6, 6.07) is 23.1. The molecule has 158 valence electrons. The highest BCUT2D eigenvalue weighted by atomic mass is 32.2. The Morgan fingerprint density at radius 2 is 1.69 bits per heavy atom. The number of anilines is 1. The Hall–Kier alpha value is -4.11. The van der Waals surface area contributed by atoms with Crippen molar-refractivity contribution < 1.29 is 8.42 Å². The van der Waals surface area contributed by atoms with Gasteiger partial charge in [-0.3, -0.25) is 9.71 Å². The molecule has 3 heterocycles. The van der Waals surface area contributed by atoms with Crippen molar-refractivity contribution >= 4 is 21.4 Å². The van der Waals surface area contributed by atoms with E-state index in [1.165, 1.54) is 0 Å². The van der Waals surface area contributed by atoms with Crippen LogP contribution < -0.4 is 4.72 Å². The summed E-state index contributed by atoms with van der Waals surface area (Å²) in [6.45, 7) is 1.85. The van der Waals surface area contributed by atoms with Crippen LogP contribution in [0.2, 0.25) is 0 Å². The molecule has 0 saturated carbocycles. The molecule has 0 aliphatic rings. The highest BCUT2D eigenvalue weighted by Crippen LogP contribution is 2.23. The van der Waals surface area contributed by atoms with Gasteiger partial charge in [-0.15, -0.1) is 10.2 Å². The lowest BCUT2D eigenvalue weighted by Gasteiger charge is -2.09. The quantitative estimate of drug-likeness (QED) is 0.442. The Labute approximate surface area is 184 Å². The SMILES string of the molecule is Cc1cccc(S(=O)(=O)Nc2ccc(-c3ccc4nnc(-c5ccccn5)n4n3)cc2)c1. The fraction of sp³-hybridized carbons (Fsp3) is 0.0435. The molecule has 5 aromatic rings. The molecule has 9 heteroatoms. The highest BCUT2D eigenvalue weighted by Gasteiger charge is 2.15. The van der Waals surface area contributed by atoms with Crippen LogP contribution in [0.3, 0.4) is 0 Å². The second kappa shape index (κ2) is 7.86. The third-order valence-electron chi connectivity index (χ3n) is 4.89. The van der Waals surface area contributed by atoms with Crippen LogP contribution in [0.1, 0.15) is 5.56 Å². The number of aromatic nitrogens is 5. The number of sulfonamides is 1. The number of hydrogen-bond acceptors (Lipinski definition) is 6. The molecule has 0 atom stereocenters. The van der Waals surface area contributed by atoms with Crippen LogP contribution in [0.25, 0.3) is 28.4 Å². The molecule has 0 aliphatic heterocycles. The minimum Gasteiger partial charge on any atom is -0.280 e. The van der Waals surface area contributed by atoms with E-state index >= 15 is 0 Å². The first-order valence-corrected chi connectivity index (χ1v) is 11.3. The first-order valence-electron chi connectivity index (χ1n) is 9.83. The fourth-order valence-corrected chi connectivity index (χ4v) is 4.47. The van der Waals surface area contributed by atoms with Crippen LogP contribution in [-0.4, -0.2) is 33.2 Å². The molecule has 0 spiro atoms. The van der Waals surface area contributed by atoms with Gasteiger partial charge >= 0.3 is 0 Å². The van der Waals surface area contributed by atoms with Gasteiger partial charge in [0.05, 0.1) is 10.6 Å². The molecule has 1 N–H and O–H groups in total. The summed E-state index contributed by atoms with van der Waals surface area (Å²) in [4.78, 5) is 4.55. The minimum absolute atomic E-state index is 0.225. The van der Waals surface area contributed by atoms with E-state index in [-0.39, 0.29) is 4.90 Å². The van der Waals surface area contributed by atoms with E-state index in [4.69, 9.17) is 0 Å². The Morgan fingerprint density at radius 1 is 0.844 bits per heavy atom. The van der Waals surface area contributed by atoms with Crippen molar-refractivity contribution in [2.24, 2.45) is 0 Å². The number of fused-ring (bicyclic) bond motifs is 1. The maximum absolute atomic E-state index is 12.7. The van der Waals surface area contributed by atoms with E-state index < -0.39 is 10.0 Å². The average Bonchev–Trinajstić information content (AvgIpc) is 3.23. The lowest BCUT2D eigenvalue weighted by atomic mass is 10.1. The molecule has 32 heavy (non-hydrogen) atoms. The van der Waals surface area contributed by atoms with Gasteiger partial charge in [-0.05, 0) is 61.0 Å². The summed E-state index contributed by atoms with van der Waals surface area (Å²) < 4.78 is 29.6. The van der Waals surface area contributed by atoms with Crippen molar-refractivity contribution in [3.63, 3.8) is 0 Å². The van der Waals surface area contributed by atoms with Crippen LogP contribution in [0.15, 0.2) is 90.0 Å². The van der Waals surface area contributed by atoms with Crippen molar-refractivity contribution in [3.8, 4) is 22.8 Å². The third-order valence-corrected chi connectivity index (χ3v) is 6.27. The molecule has 0 unspecified atom stereocenters. The number of nitrogens with zero attached hydrogens (tertiary/aromatic N) is 5. The molecule has 8 nitrogen and oxygen atoms in total. The minimum atomic E-state index is -3.66. The van der Waals surface area contributed by atoms with Gasteiger partial charge in [-0.2, -0.15) is 9.61 Å². The number of aryl methyl sites for hydroxylation is 1. The molecule has 0 radical (unpaired) electrons. The molecular formula is C23H18N6O2S. The van der Waals surface area contributed by atoms with E-state index in [9.17, 15) is 8.42 Å². The van der Waals surface area contributed by atoms with E-state index in [0.717, 1.165) is 11.1 Å². The van der Waals surface area contributed by atoms with Gasteiger partial charge in [0.25, 0.3) is 10.0 Å². The highest BCUT2D eigenvalue weighted by molar-refractivity contribution is 7.92. The lowest BCUT2D eigenvalue weighted by molar-refractivity contribution is 0.601. The predicted octanol–water partition coefficient (Wildman–Crippen LogP) is 3.96. The average molecular weight is 443 g/mol. The van der Waals surface area contributed by atoms with Crippen LogP contribution in [-0.2, 0) is 10.0 Å². The topological polar surface area (TPSA) is 102 Å². The van der Waals surface area contributed by atoms with Crippen LogP contribution >= 0.6 is 0 Å². The number of pyridine rings is 1. The maximum Gasteiger partial charge on any atom is 0.261 e. The first-order chi connectivity index (χ1) is 15.5. The van der Waals surface area contributed by atoms with Crippen molar-refractivity contribution in [3.05, 3.63) is 90.6 Å². The Balaban J connectivity index is 1.44. The third kappa shape index (κ3) is 3.81. The molecule has 2 aromatic carbocycles. The monoisotopic (exact) mass is 442 g/mol. The zero-order valence-corrected chi connectivity index (χ0v) is 17.9. The van der Waals surface area contributed by atoms with Crippen LogP contribution in [0, 0.1) is 6.92 Å². The molecule has 5 rings (SSSR count). The summed E-state index contributed by atoms with van der Waals surface area (Å²) >= 11 is 0. The number of hydrogen-bond donors (Lipinski definition) is 1. The standard InChI is InChI=1S/C23H18N6O2S/c1-16-5-4-6-19(15-16)32(30,31)28-18-10-8-17(9-11-18)20-12-13-22-25-26-23(29(22)27-20)21-7-2-3-14-24-21/h2-15,28H,1H3. The van der Waals surface area contributed by atoms with Gasteiger partial charge in [-0.25, -0.2) is 8.42 Å². The van der Waals surface area contributed by atoms with Gasteiger partial charge in [0.2, 0.25) is 5.82 Å². The summed E-state index contributed by atoms with van der Waals surface area (Å²) in [7, 11) is -3.66. The second-order valence-corrected chi connectivity index (χ2v) is 8.91. The van der Waals surface area contributed by atoms with Crippen molar-refractivity contribution in [2.45, 2.75) is 11.8 Å².